The smallest absolute Gasteiger partial charge is 0.408 e. The molecule has 3 aliphatic heterocycles. The lowest BCUT2D eigenvalue weighted by Gasteiger charge is -2.37. The number of amides is 4. The number of rotatable bonds is 14. The zero-order valence-corrected chi connectivity index (χ0v) is 46.8. The average molecular weight is 1080 g/mol. The molecule has 2 N–H and O–H groups in total. The van der Waals surface area contributed by atoms with Crippen LogP contribution in [0.1, 0.15) is 186 Å². The van der Waals surface area contributed by atoms with E-state index in [0.717, 1.165) is 137 Å². The number of aromatic nitrogens is 2. The maximum atomic E-state index is 14.3. The Hall–Kier alpha value is -5.88. The van der Waals surface area contributed by atoms with Crippen molar-refractivity contribution in [3.8, 4) is 0 Å². The second kappa shape index (κ2) is 23.8. The molecule has 3 saturated heterocycles. The van der Waals surface area contributed by atoms with E-state index < -0.39 is 35.5 Å². The summed E-state index contributed by atoms with van der Waals surface area (Å²) in [7, 11) is 0. The minimum Gasteiger partial charge on any atom is -0.444 e. The van der Waals surface area contributed by atoms with Gasteiger partial charge in [-0.1, -0.05) is 38.5 Å². The molecular formula is C58H76N8O8S2. The maximum absolute atomic E-state index is 14.3. The number of piperazine rings is 1. The molecule has 76 heavy (non-hydrogen) atoms. The van der Waals surface area contributed by atoms with Gasteiger partial charge in [0.25, 0.3) is 0 Å². The molecule has 4 aromatic rings. The van der Waals surface area contributed by atoms with Gasteiger partial charge in [-0.2, -0.15) is 0 Å². The van der Waals surface area contributed by atoms with E-state index in [0.29, 0.717) is 35.6 Å². The summed E-state index contributed by atoms with van der Waals surface area (Å²) in [5.74, 6) is -0.461. The lowest BCUT2D eigenvalue weighted by atomic mass is 9.83. The van der Waals surface area contributed by atoms with Gasteiger partial charge in [-0.3, -0.25) is 19.2 Å². The van der Waals surface area contributed by atoms with Gasteiger partial charge in [-0.15, -0.1) is 22.7 Å². The van der Waals surface area contributed by atoms with Gasteiger partial charge < -0.3 is 39.7 Å². The Morgan fingerprint density at radius 1 is 0.500 bits per heavy atom. The quantitative estimate of drug-likeness (QED) is 0.114. The highest BCUT2D eigenvalue weighted by atomic mass is 32.1. The summed E-state index contributed by atoms with van der Waals surface area (Å²) in [5, 5.41) is 10.9. The molecule has 18 heteroatoms. The number of thiazole rings is 2. The topological polar surface area (TPSA) is 184 Å². The molecule has 2 aromatic carbocycles. The van der Waals surface area contributed by atoms with Crippen molar-refractivity contribution in [1.82, 2.24) is 30.4 Å². The molecule has 2 aromatic heterocycles. The summed E-state index contributed by atoms with van der Waals surface area (Å²) in [6, 6.07) is 13.5. The van der Waals surface area contributed by atoms with E-state index in [4.69, 9.17) is 19.4 Å². The number of carbonyl (C=O) groups is 6. The Morgan fingerprint density at radius 2 is 0.855 bits per heavy atom. The fourth-order valence-corrected chi connectivity index (χ4v) is 13.6. The number of benzene rings is 2. The zero-order chi connectivity index (χ0) is 53.7. The molecule has 16 nitrogen and oxygen atoms in total. The lowest BCUT2D eigenvalue weighted by Crippen LogP contribution is -2.53. The van der Waals surface area contributed by atoms with Gasteiger partial charge in [-0.25, -0.2) is 19.6 Å². The minimum absolute atomic E-state index is 0.0408. The fraction of sp³-hybridized carbons (Fsp3) is 0.586. The number of hydrogen-bond acceptors (Lipinski definition) is 14. The number of nitrogens with zero attached hydrogens (tertiary/aromatic N) is 6. The van der Waals surface area contributed by atoms with Crippen molar-refractivity contribution in [3.05, 3.63) is 91.8 Å². The van der Waals surface area contributed by atoms with Crippen molar-refractivity contribution in [3.63, 3.8) is 0 Å². The van der Waals surface area contributed by atoms with Gasteiger partial charge >= 0.3 is 12.2 Å². The SMILES string of the molecule is CC(C)(C)OC(=O)N[C@H](C(=O)N1CCCC1c1nc(C(=O)c2ccc(N3CCN(c4ccc(C(=O)c5csc([C@@H]6CCCN6C(=O)[C@@H](NC(=O)OC(C)(C)C)C6CCCCC6)n5)cc4)CC3)cc2)cs1)C1CCCCC1. The van der Waals surface area contributed by atoms with Crippen LogP contribution in [0, 0.1) is 11.8 Å². The van der Waals surface area contributed by atoms with E-state index in [1.807, 2.05) is 99.9 Å². The fourth-order valence-electron chi connectivity index (χ4n) is 11.8. The first-order valence-corrected chi connectivity index (χ1v) is 29.5. The molecule has 0 bridgehead atoms. The van der Waals surface area contributed by atoms with Gasteiger partial charge in [0.1, 0.15) is 44.7 Å². The van der Waals surface area contributed by atoms with Crippen molar-refractivity contribution in [2.45, 2.75) is 167 Å². The van der Waals surface area contributed by atoms with Crippen LogP contribution < -0.4 is 20.4 Å². The van der Waals surface area contributed by atoms with Crippen LogP contribution in [-0.4, -0.2) is 118 Å². The normalized spacial score (nSPS) is 20.8. The van der Waals surface area contributed by atoms with Crippen molar-refractivity contribution >= 4 is 69.6 Å². The van der Waals surface area contributed by atoms with E-state index in [9.17, 15) is 28.8 Å². The number of likely N-dealkylation sites (tertiary alicyclic amines) is 2. The van der Waals surface area contributed by atoms with Crippen LogP contribution in [-0.2, 0) is 19.1 Å². The molecule has 2 aliphatic carbocycles. The first-order valence-electron chi connectivity index (χ1n) is 27.7. The van der Waals surface area contributed by atoms with Gasteiger partial charge in [0.05, 0.1) is 12.1 Å². The number of alkyl carbamates (subject to hydrolysis) is 2. The van der Waals surface area contributed by atoms with Crippen LogP contribution in [0.4, 0.5) is 21.0 Å². The van der Waals surface area contributed by atoms with Gasteiger partial charge in [0, 0.05) is 72.5 Å². The molecule has 4 atom stereocenters. The van der Waals surface area contributed by atoms with Crippen LogP contribution in [0.3, 0.4) is 0 Å². The predicted octanol–water partition coefficient (Wildman–Crippen LogP) is 10.7. The molecule has 408 valence electrons. The average Bonchev–Trinajstić information content (AvgIpc) is 4.28. The van der Waals surface area contributed by atoms with Gasteiger partial charge in [0.2, 0.25) is 23.4 Å². The largest absolute Gasteiger partial charge is 0.444 e. The number of anilines is 2. The third kappa shape index (κ3) is 13.3. The third-order valence-electron chi connectivity index (χ3n) is 15.5. The summed E-state index contributed by atoms with van der Waals surface area (Å²) < 4.78 is 11.2. The summed E-state index contributed by atoms with van der Waals surface area (Å²) in [6.45, 7) is 15.1. The molecule has 9 rings (SSSR count). The number of ether oxygens (including phenoxy) is 2. The molecule has 2 saturated carbocycles. The molecule has 0 spiro atoms. The van der Waals surface area contributed by atoms with E-state index in [-0.39, 0.29) is 47.3 Å². The van der Waals surface area contributed by atoms with Crippen LogP contribution in [0.15, 0.2) is 59.3 Å². The highest BCUT2D eigenvalue weighted by Gasteiger charge is 2.42. The minimum atomic E-state index is -0.683. The Bertz CT molecular complexity index is 2510. The predicted molar refractivity (Wildman–Crippen MR) is 295 cm³/mol. The second-order valence-electron chi connectivity index (χ2n) is 23.3. The zero-order valence-electron chi connectivity index (χ0n) is 45.1. The third-order valence-corrected chi connectivity index (χ3v) is 17.4. The first-order chi connectivity index (χ1) is 36.4. The van der Waals surface area contributed by atoms with Crippen LogP contribution >= 0.6 is 22.7 Å². The van der Waals surface area contributed by atoms with E-state index in [1.54, 1.807) is 10.8 Å². The van der Waals surface area contributed by atoms with Crippen LogP contribution in [0.2, 0.25) is 0 Å². The van der Waals surface area contributed by atoms with E-state index >= 15 is 0 Å². The highest BCUT2D eigenvalue weighted by Crippen LogP contribution is 2.39. The number of nitrogens with one attached hydrogen (secondary N) is 2. The summed E-state index contributed by atoms with van der Waals surface area (Å²) in [4.78, 5) is 100. The first kappa shape index (κ1) is 54.9. The summed E-state index contributed by atoms with van der Waals surface area (Å²) >= 11 is 2.81. The molecule has 4 amide bonds. The number of hydrogen-bond donors (Lipinski definition) is 2. The van der Waals surface area contributed by atoms with Gasteiger partial charge in [0.15, 0.2) is 0 Å². The van der Waals surface area contributed by atoms with E-state index in [1.165, 1.54) is 22.7 Å². The Kier molecular flexibility index (Phi) is 17.2. The Morgan fingerprint density at radius 3 is 1.20 bits per heavy atom. The van der Waals surface area contributed by atoms with Crippen molar-refractivity contribution in [1.29, 1.82) is 0 Å². The van der Waals surface area contributed by atoms with Crippen molar-refractivity contribution in [2.24, 2.45) is 11.8 Å². The molecule has 5 aliphatic rings. The monoisotopic (exact) mass is 1080 g/mol. The molecule has 5 fully saturated rings. The van der Waals surface area contributed by atoms with Gasteiger partial charge in [-0.05, 0) is 153 Å². The van der Waals surface area contributed by atoms with Crippen LogP contribution in [0.5, 0.6) is 0 Å². The molecule has 5 heterocycles. The standard InChI is InChI=1S/C58H76N8O8S2/c1-57(2,3)73-55(71)61-47(37-15-9-7-10-16-37)53(69)65-29-13-19-45(65)51-59-43(35-75-51)49(67)39-21-25-41(26-22-39)63-31-33-64(34-32-63)42-27-23-40(24-28-42)50(68)44-36-76-52(60-44)46-20-14-30-66(46)54(70)48(38-17-11-8-12-18-38)62-56(72)74-58(4,5)6/h21-28,35-38,45-48H,7-20,29-34H2,1-6H3,(H,61,71)(H,62,72)/t45-,46?,47-,48-/m0/s1. The van der Waals surface area contributed by atoms with Crippen molar-refractivity contribution in [2.75, 3.05) is 49.1 Å². The molecule has 1 unspecified atom stereocenters. The Labute approximate surface area is 455 Å². The lowest BCUT2D eigenvalue weighted by molar-refractivity contribution is -0.137. The highest BCUT2D eigenvalue weighted by molar-refractivity contribution is 7.10. The molecular weight excluding hydrogens is 1000 g/mol. The summed E-state index contributed by atoms with van der Waals surface area (Å²) in [5.41, 5.74) is 2.50. The maximum Gasteiger partial charge on any atom is 0.408 e. The number of carbonyl (C=O) groups excluding carboxylic acids is 6. The summed E-state index contributed by atoms with van der Waals surface area (Å²) in [6.07, 6.45) is 11.8. The van der Waals surface area contributed by atoms with E-state index in [2.05, 4.69) is 20.4 Å². The number of ketones is 2. The Balaban J connectivity index is 0.771. The van der Waals surface area contributed by atoms with Crippen LogP contribution in [0.25, 0.3) is 0 Å². The second-order valence-corrected chi connectivity index (χ2v) is 25.1. The van der Waals surface area contributed by atoms with Crippen molar-refractivity contribution < 1.29 is 38.2 Å². The molecule has 0 radical (unpaired) electrons.